The first kappa shape index (κ1) is 13.6. The molecule has 0 spiro atoms. The molecule has 1 aromatic carbocycles. The first-order valence-corrected chi connectivity index (χ1v) is 6.68. The molecule has 1 atom stereocenters. The van der Waals surface area contributed by atoms with E-state index in [9.17, 15) is 4.79 Å². The van der Waals surface area contributed by atoms with Crippen LogP contribution in [-0.2, 0) is 11.3 Å². The number of hydrogen-bond acceptors (Lipinski definition) is 3. The first-order chi connectivity index (χ1) is 9.20. The summed E-state index contributed by atoms with van der Waals surface area (Å²) in [5, 5.41) is 12.1. The second kappa shape index (κ2) is 6.35. The average molecular weight is 257 g/mol. The van der Waals surface area contributed by atoms with Gasteiger partial charge in [-0.25, -0.2) is 0 Å². The van der Waals surface area contributed by atoms with Gasteiger partial charge in [-0.2, -0.15) is 5.26 Å². The lowest BCUT2D eigenvalue weighted by atomic mass is 10.0. The lowest BCUT2D eigenvalue weighted by molar-refractivity contribution is -0.133. The topological polar surface area (TPSA) is 56.1 Å². The van der Waals surface area contributed by atoms with Crippen molar-refractivity contribution in [3.8, 4) is 6.07 Å². The van der Waals surface area contributed by atoms with Crippen molar-refractivity contribution >= 4 is 5.91 Å². The average Bonchev–Trinajstić information content (AvgIpc) is 2.47. The highest BCUT2D eigenvalue weighted by molar-refractivity contribution is 5.81. The summed E-state index contributed by atoms with van der Waals surface area (Å²) >= 11 is 0. The monoisotopic (exact) mass is 257 g/mol. The van der Waals surface area contributed by atoms with Crippen LogP contribution in [0.15, 0.2) is 24.3 Å². The third-order valence-electron chi connectivity index (χ3n) is 3.46. The van der Waals surface area contributed by atoms with Gasteiger partial charge in [-0.05, 0) is 37.1 Å². The number of rotatable bonds is 3. The molecule has 1 fully saturated rings. The van der Waals surface area contributed by atoms with E-state index in [1.54, 1.807) is 11.0 Å². The first-order valence-electron chi connectivity index (χ1n) is 6.68. The number of carbonyl (C=O) groups excluding carboxylic acids is 1. The van der Waals surface area contributed by atoms with E-state index in [0.29, 0.717) is 12.1 Å². The second-order valence-electron chi connectivity index (χ2n) is 5.01. The molecule has 4 nitrogen and oxygen atoms in total. The minimum atomic E-state index is -0.0436. The molecule has 19 heavy (non-hydrogen) atoms. The van der Waals surface area contributed by atoms with Crippen LogP contribution in [0.5, 0.6) is 0 Å². The number of piperidine rings is 1. The number of hydrogen-bond donors (Lipinski definition) is 1. The summed E-state index contributed by atoms with van der Waals surface area (Å²) < 4.78 is 0. The van der Waals surface area contributed by atoms with E-state index in [0.717, 1.165) is 31.4 Å². The minimum Gasteiger partial charge on any atom is -0.340 e. The number of nitrogens with one attached hydrogen (secondary N) is 1. The summed E-state index contributed by atoms with van der Waals surface area (Å²) in [6, 6.07) is 9.47. The number of benzene rings is 1. The molecule has 100 valence electrons. The lowest BCUT2D eigenvalue weighted by Crippen LogP contribution is -2.46. The van der Waals surface area contributed by atoms with Crippen molar-refractivity contribution < 1.29 is 4.79 Å². The molecule has 0 saturated carbocycles. The molecule has 1 saturated heterocycles. The van der Waals surface area contributed by atoms with E-state index in [2.05, 4.69) is 11.4 Å². The van der Waals surface area contributed by atoms with Gasteiger partial charge in [0.15, 0.2) is 0 Å². The van der Waals surface area contributed by atoms with Gasteiger partial charge in [0.1, 0.15) is 0 Å². The van der Waals surface area contributed by atoms with Crippen molar-refractivity contribution in [1.82, 2.24) is 10.2 Å². The summed E-state index contributed by atoms with van der Waals surface area (Å²) in [6.45, 7) is 1.47. The maximum absolute atomic E-state index is 12.3. The fourth-order valence-electron chi connectivity index (χ4n) is 2.42. The number of nitriles is 1. The van der Waals surface area contributed by atoms with Crippen LogP contribution in [-0.4, -0.2) is 30.4 Å². The number of nitrogens with zero attached hydrogens (tertiary/aromatic N) is 2. The van der Waals surface area contributed by atoms with Gasteiger partial charge in [0.2, 0.25) is 5.91 Å². The van der Waals surface area contributed by atoms with E-state index < -0.39 is 0 Å². The van der Waals surface area contributed by atoms with Crippen LogP contribution in [0, 0.1) is 11.3 Å². The van der Waals surface area contributed by atoms with Gasteiger partial charge >= 0.3 is 0 Å². The van der Waals surface area contributed by atoms with Crippen molar-refractivity contribution in [1.29, 1.82) is 5.26 Å². The maximum atomic E-state index is 12.3. The van der Waals surface area contributed by atoms with Crippen LogP contribution in [0.3, 0.4) is 0 Å². The Kier molecular flexibility index (Phi) is 4.53. The van der Waals surface area contributed by atoms with Crippen LogP contribution in [0.4, 0.5) is 0 Å². The van der Waals surface area contributed by atoms with E-state index in [-0.39, 0.29) is 11.9 Å². The van der Waals surface area contributed by atoms with Gasteiger partial charge in [0.05, 0.1) is 17.7 Å². The molecule has 0 bridgehead atoms. The summed E-state index contributed by atoms with van der Waals surface area (Å²) in [5.74, 6) is 0.141. The Bertz CT molecular complexity index is 486. The van der Waals surface area contributed by atoms with E-state index in [4.69, 9.17) is 5.26 Å². The Balaban J connectivity index is 1.97. The Morgan fingerprint density at radius 2 is 2.37 bits per heavy atom. The van der Waals surface area contributed by atoms with Gasteiger partial charge in [-0.3, -0.25) is 4.79 Å². The molecule has 1 aliphatic heterocycles. The third-order valence-corrected chi connectivity index (χ3v) is 3.46. The van der Waals surface area contributed by atoms with Crippen molar-refractivity contribution in [2.75, 3.05) is 13.6 Å². The summed E-state index contributed by atoms with van der Waals surface area (Å²) in [4.78, 5) is 14.0. The SMILES string of the molecule is CN(Cc1cccc(C#N)c1)C(=O)[C@H]1CCCCN1. The number of carbonyl (C=O) groups is 1. The van der Waals surface area contributed by atoms with E-state index in [1.807, 2.05) is 25.2 Å². The summed E-state index contributed by atoms with van der Waals surface area (Å²) in [6.07, 6.45) is 3.18. The molecule has 1 aliphatic rings. The van der Waals surface area contributed by atoms with Crippen LogP contribution in [0.1, 0.15) is 30.4 Å². The standard InChI is InChI=1S/C15H19N3O/c1-18(15(19)14-7-2-3-8-17-14)11-13-6-4-5-12(9-13)10-16/h4-6,9,14,17H,2-3,7-8,11H2,1H3/t14-/m1/s1. The van der Waals surface area contributed by atoms with E-state index in [1.165, 1.54) is 0 Å². The zero-order chi connectivity index (χ0) is 13.7. The molecule has 1 aromatic rings. The fraction of sp³-hybridized carbons (Fsp3) is 0.467. The number of amides is 1. The van der Waals surface area contributed by atoms with Gasteiger partial charge < -0.3 is 10.2 Å². The molecule has 1 N–H and O–H groups in total. The molecule has 1 amide bonds. The molecule has 4 heteroatoms. The van der Waals surface area contributed by atoms with Gasteiger partial charge in [-0.1, -0.05) is 18.6 Å². The smallest absolute Gasteiger partial charge is 0.239 e. The van der Waals surface area contributed by atoms with Crippen LogP contribution in [0.2, 0.25) is 0 Å². The molecule has 0 unspecified atom stereocenters. The molecule has 0 aromatic heterocycles. The molecular weight excluding hydrogens is 238 g/mol. The highest BCUT2D eigenvalue weighted by Gasteiger charge is 2.23. The maximum Gasteiger partial charge on any atom is 0.239 e. The fourth-order valence-corrected chi connectivity index (χ4v) is 2.42. The van der Waals surface area contributed by atoms with E-state index >= 15 is 0 Å². The Labute approximate surface area is 114 Å². The predicted molar refractivity (Wildman–Crippen MR) is 73.3 cm³/mol. The van der Waals surface area contributed by atoms with Gasteiger partial charge in [-0.15, -0.1) is 0 Å². The highest BCUT2D eigenvalue weighted by atomic mass is 16.2. The summed E-state index contributed by atoms with van der Waals surface area (Å²) in [7, 11) is 1.82. The minimum absolute atomic E-state index is 0.0436. The molecule has 2 rings (SSSR count). The second-order valence-corrected chi connectivity index (χ2v) is 5.01. The normalized spacial score (nSPS) is 18.6. The van der Waals surface area contributed by atoms with Crippen LogP contribution in [0.25, 0.3) is 0 Å². The van der Waals surface area contributed by atoms with Gasteiger partial charge in [0.25, 0.3) is 0 Å². The number of likely N-dealkylation sites (N-methyl/N-ethyl adjacent to an activating group) is 1. The Hall–Kier alpha value is -1.86. The van der Waals surface area contributed by atoms with Crippen molar-refractivity contribution in [2.24, 2.45) is 0 Å². The van der Waals surface area contributed by atoms with Gasteiger partial charge in [0, 0.05) is 13.6 Å². The zero-order valence-electron chi connectivity index (χ0n) is 11.2. The predicted octanol–water partition coefficient (Wildman–Crippen LogP) is 1.66. The molecular formula is C15H19N3O. The molecule has 1 heterocycles. The van der Waals surface area contributed by atoms with Crippen molar-refractivity contribution in [2.45, 2.75) is 31.8 Å². The lowest BCUT2D eigenvalue weighted by Gasteiger charge is -2.27. The summed E-state index contributed by atoms with van der Waals surface area (Å²) in [5.41, 5.74) is 1.62. The van der Waals surface area contributed by atoms with Crippen LogP contribution < -0.4 is 5.32 Å². The quantitative estimate of drug-likeness (QED) is 0.896. The Morgan fingerprint density at radius 3 is 3.05 bits per heavy atom. The molecule has 0 radical (unpaired) electrons. The van der Waals surface area contributed by atoms with Crippen molar-refractivity contribution in [3.05, 3.63) is 35.4 Å². The zero-order valence-corrected chi connectivity index (χ0v) is 11.2. The highest BCUT2D eigenvalue weighted by Crippen LogP contribution is 2.12. The largest absolute Gasteiger partial charge is 0.340 e. The van der Waals surface area contributed by atoms with Crippen molar-refractivity contribution in [3.63, 3.8) is 0 Å². The Morgan fingerprint density at radius 1 is 1.53 bits per heavy atom. The molecule has 0 aliphatic carbocycles. The third kappa shape index (κ3) is 3.55. The van der Waals surface area contributed by atoms with Crippen LogP contribution >= 0.6 is 0 Å².